The lowest BCUT2D eigenvalue weighted by Gasteiger charge is -2.39. The van der Waals surface area contributed by atoms with E-state index in [2.05, 4.69) is 26.0 Å². The van der Waals surface area contributed by atoms with Crippen LogP contribution in [0.25, 0.3) is 0 Å². The molecule has 8 heteroatoms. The molecule has 8 nitrogen and oxygen atoms in total. The Balaban J connectivity index is 1.56. The molecule has 5 N–H and O–H groups in total. The summed E-state index contributed by atoms with van der Waals surface area (Å²) in [5.74, 6) is -4.15. The smallest absolute Gasteiger partial charge is 0.201 e. The van der Waals surface area contributed by atoms with Crippen molar-refractivity contribution in [1.29, 1.82) is 0 Å². The molecule has 0 heterocycles. The fourth-order valence-corrected chi connectivity index (χ4v) is 8.41. The van der Waals surface area contributed by atoms with Crippen LogP contribution in [0.15, 0.2) is 89.1 Å². The molecule has 0 amide bonds. The Kier molecular flexibility index (Phi) is 12.1. The highest BCUT2D eigenvalue weighted by molar-refractivity contribution is 6.18. The zero-order chi connectivity index (χ0) is 42.2. The highest BCUT2D eigenvalue weighted by atomic mass is 16.5. The molecule has 2 aliphatic rings. The van der Waals surface area contributed by atoms with Crippen molar-refractivity contribution in [2.45, 2.75) is 99.3 Å². The van der Waals surface area contributed by atoms with Crippen molar-refractivity contribution >= 4 is 11.6 Å². The van der Waals surface area contributed by atoms with Gasteiger partial charge in [-0.2, -0.15) is 0 Å². The van der Waals surface area contributed by atoms with E-state index < -0.39 is 29.2 Å². The summed E-state index contributed by atoms with van der Waals surface area (Å²) in [6.45, 7) is 16.0. The second kappa shape index (κ2) is 16.8. The molecule has 0 fully saturated rings. The molecule has 2 atom stereocenters. The first-order chi connectivity index (χ1) is 27.5. The predicted molar refractivity (Wildman–Crippen MR) is 228 cm³/mol. The van der Waals surface area contributed by atoms with Gasteiger partial charge in [0.1, 0.15) is 41.1 Å². The number of fused-ring (bicyclic) bond motifs is 4. The van der Waals surface area contributed by atoms with E-state index in [1.165, 1.54) is 35.4 Å². The number of phenols is 5. The van der Waals surface area contributed by atoms with Gasteiger partial charge in [-0.15, -0.1) is 0 Å². The Morgan fingerprint density at radius 2 is 1.00 bits per heavy atom. The SMILES string of the molecule is CC(C)=CCCC(C)=CCOc1cc(O)c2c(c1)C(C1c3cc(C)cc(O)c3C(=O)c3c1cc(O)c(CC=C(C)CCC=C(C)C)c3O)c1cc(C)cc(O)c1C2=O. The van der Waals surface area contributed by atoms with Crippen LogP contribution in [0.5, 0.6) is 34.5 Å². The maximum Gasteiger partial charge on any atom is 0.201 e. The molecule has 0 aliphatic heterocycles. The summed E-state index contributed by atoms with van der Waals surface area (Å²) in [6, 6.07) is 11.1. The minimum atomic E-state index is -0.903. The number of aromatic hydroxyl groups is 5. The third kappa shape index (κ3) is 8.19. The average molecular weight is 783 g/mol. The van der Waals surface area contributed by atoms with Gasteiger partial charge in [0.15, 0.2) is 0 Å². The Morgan fingerprint density at radius 3 is 1.52 bits per heavy atom. The molecule has 0 saturated carbocycles. The van der Waals surface area contributed by atoms with E-state index in [-0.39, 0.29) is 69.4 Å². The van der Waals surface area contributed by atoms with Gasteiger partial charge in [0, 0.05) is 23.5 Å². The van der Waals surface area contributed by atoms with Crippen LogP contribution in [-0.4, -0.2) is 43.7 Å². The van der Waals surface area contributed by atoms with Gasteiger partial charge in [0.2, 0.25) is 11.6 Å². The summed E-state index contributed by atoms with van der Waals surface area (Å²) in [6.07, 6.45) is 11.8. The average Bonchev–Trinajstić information content (AvgIpc) is 3.11. The highest BCUT2D eigenvalue weighted by Gasteiger charge is 2.46. The standard InChI is InChI=1S/C50H54O8/c1-26(2)11-9-13-28(5)15-16-33-38(51)25-37-43(35-20-31(8)22-40(53)45(35)50(57)47(37)48(33)55)42-34-19-30(7)21-39(52)44(34)49(56)46-36(42)23-32(24-41(46)54)58-18-17-29(6)14-10-12-27(3)4/h11-12,15,17,19-25,42-43,51-55H,9-10,13-14,16,18H2,1-8H3. The number of carbonyl (C=O) groups is 2. The van der Waals surface area contributed by atoms with Crippen molar-refractivity contribution < 1.29 is 39.9 Å². The van der Waals surface area contributed by atoms with Crippen LogP contribution in [0.4, 0.5) is 0 Å². The van der Waals surface area contributed by atoms with E-state index in [1.54, 1.807) is 32.0 Å². The number of benzene rings is 4. The van der Waals surface area contributed by atoms with Gasteiger partial charge in [-0.1, -0.05) is 52.7 Å². The summed E-state index contributed by atoms with van der Waals surface area (Å²) in [4.78, 5) is 28.9. The molecular weight excluding hydrogens is 729 g/mol. The first-order valence-corrected chi connectivity index (χ1v) is 19.9. The zero-order valence-electron chi connectivity index (χ0n) is 34.7. The lowest BCUT2D eigenvalue weighted by Crippen LogP contribution is -2.30. The fraction of sp³-hybridized carbons (Fsp3) is 0.320. The quantitative estimate of drug-likeness (QED) is 0.0893. The lowest BCUT2D eigenvalue weighted by atomic mass is 9.63. The molecule has 0 radical (unpaired) electrons. The van der Waals surface area contributed by atoms with Crippen LogP contribution < -0.4 is 4.74 Å². The molecule has 302 valence electrons. The van der Waals surface area contributed by atoms with Crippen LogP contribution in [0.1, 0.15) is 150 Å². The first kappa shape index (κ1) is 41.6. The predicted octanol–water partition coefficient (Wildman–Crippen LogP) is 11.2. The minimum absolute atomic E-state index is 0.00217. The van der Waals surface area contributed by atoms with Gasteiger partial charge >= 0.3 is 0 Å². The number of ether oxygens (including phenoxy) is 1. The number of rotatable bonds is 12. The van der Waals surface area contributed by atoms with Crippen molar-refractivity contribution in [2.24, 2.45) is 0 Å². The Hall–Kier alpha value is -6.02. The Labute approximate surface area is 341 Å². The van der Waals surface area contributed by atoms with Crippen LogP contribution in [0, 0.1) is 13.8 Å². The van der Waals surface area contributed by atoms with Crippen LogP contribution in [-0.2, 0) is 6.42 Å². The van der Waals surface area contributed by atoms with Gasteiger partial charge in [-0.25, -0.2) is 0 Å². The number of phenolic OH excluding ortho intramolecular Hbond substituents is 5. The van der Waals surface area contributed by atoms with E-state index in [0.717, 1.165) is 36.8 Å². The second-order valence-corrected chi connectivity index (χ2v) is 16.5. The summed E-state index contributed by atoms with van der Waals surface area (Å²) >= 11 is 0. The van der Waals surface area contributed by atoms with E-state index in [0.29, 0.717) is 33.6 Å². The summed E-state index contributed by atoms with van der Waals surface area (Å²) < 4.78 is 6.19. The third-order valence-electron chi connectivity index (χ3n) is 11.2. The third-order valence-corrected chi connectivity index (χ3v) is 11.2. The van der Waals surface area contributed by atoms with Gasteiger partial charge < -0.3 is 30.3 Å². The second-order valence-electron chi connectivity index (χ2n) is 16.5. The van der Waals surface area contributed by atoms with Gasteiger partial charge in [0.05, 0.1) is 22.3 Å². The topological polar surface area (TPSA) is 145 Å². The zero-order valence-corrected chi connectivity index (χ0v) is 34.7. The normalized spacial score (nSPS) is 15.9. The van der Waals surface area contributed by atoms with E-state index in [4.69, 9.17) is 4.74 Å². The van der Waals surface area contributed by atoms with Crippen LogP contribution in [0.2, 0.25) is 0 Å². The van der Waals surface area contributed by atoms with Gasteiger partial charge in [-0.05, 0) is 151 Å². The molecule has 6 rings (SSSR count). The van der Waals surface area contributed by atoms with Crippen molar-refractivity contribution in [3.63, 3.8) is 0 Å². The number of ketones is 2. The Bertz CT molecular complexity index is 2450. The van der Waals surface area contributed by atoms with Crippen molar-refractivity contribution in [3.8, 4) is 34.5 Å². The molecule has 0 saturated heterocycles. The van der Waals surface area contributed by atoms with Crippen LogP contribution in [0.3, 0.4) is 0 Å². The highest BCUT2D eigenvalue weighted by Crippen LogP contribution is 2.57. The molecule has 0 spiro atoms. The minimum Gasteiger partial charge on any atom is -0.508 e. The fourth-order valence-electron chi connectivity index (χ4n) is 8.41. The number of aryl methyl sites for hydroxylation is 2. The van der Waals surface area contributed by atoms with Crippen LogP contribution >= 0.6 is 0 Å². The van der Waals surface area contributed by atoms with Gasteiger partial charge in [-0.3, -0.25) is 9.59 Å². The van der Waals surface area contributed by atoms with Crippen molar-refractivity contribution in [2.75, 3.05) is 6.61 Å². The largest absolute Gasteiger partial charge is 0.508 e. The first-order valence-electron chi connectivity index (χ1n) is 19.9. The Morgan fingerprint density at radius 1 is 0.552 bits per heavy atom. The van der Waals surface area contributed by atoms with Crippen molar-refractivity contribution in [3.05, 3.63) is 150 Å². The number of hydrogen-bond acceptors (Lipinski definition) is 8. The molecule has 0 aromatic heterocycles. The molecule has 58 heavy (non-hydrogen) atoms. The monoisotopic (exact) mass is 782 g/mol. The maximum atomic E-state index is 14.5. The molecule has 0 bridgehead atoms. The summed E-state index contributed by atoms with van der Waals surface area (Å²) in [5, 5.41) is 58.1. The number of allylic oxidation sites excluding steroid dienone is 7. The molecule has 4 aromatic rings. The number of carbonyl (C=O) groups excluding carboxylic acids is 2. The van der Waals surface area contributed by atoms with E-state index in [1.807, 2.05) is 39.8 Å². The van der Waals surface area contributed by atoms with Gasteiger partial charge in [0.25, 0.3) is 0 Å². The van der Waals surface area contributed by atoms with Crippen molar-refractivity contribution in [1.82, 2.24) is 0 Å². The summed E-state index contributed by atoms with van der Waals surface area (Å²) in [5.41, 5.74) is 7.53. The molecule has 2 unspecified atom stereocenters. The van der Waals surface area contributed by atoms with E-state index in [9.17, 15) is 35.1 Å². The number of hydrogen-bond donors (Lipinski definition) is 5. The lowest BCUT2D eigenvalue weighted by molar-refractivity contribution is 0.101. The maximum absolute atomic E-state index is 14.5. The van der Waals surface area contributed by atoms with E-state index >= 15 is 0 Å². The summed E-state index contributed by atoms with van der Waals surface area (Å²) in [7, 11) is 0. The molecule has 2 aliphatic carbocycles. The molecular formula is C50H54O8. The molecule has 4 aromatic carbocycles.